The van der Waals surface area contributed by atoms with Crippen LogP contribution in [0.15, 0.2) is 12.1 Å². The number of ether oxygens (including phenoxy) is 1. The lowest BCUT2D eigenvalue weighted by Crippen LogP contribution is -2.11. The zero-order chi connectivity index (χ0) is 12.1. The average molecular weight is 341 g/mol. The van der Waals surface area contributed by atoms with Crippen molar-refractivity contribution in [2.45, 2.75) is 19.8 Å². The van der Waals surface area contributed by atoms with Crippen LogP contribution in [0, 0.1) is 3.70 Å². The Labute approximate surface area is 105 Å². The molecule has 1 aromatic rings. The summed E-state index contributed by atoms with van der Waals surface area (Å²) < 4.78 is 30.5. The maximum absolute atomic E-state index is 12.6. The molecule has 0 aromatic carbocycles. The molecule has 0 saturated heterocycles. The molecule has 1 heterocycles. The molecule has 88 valence electrons. The van der Waals surface area contributed by atoms with E-state index in [2.05, 4.69) is 4.98 Å². The molecule has 0 radical (unpaired) electrons. The van der Waals surface area contributed by atoms with Gasteiger partial charge in [0.15, 0.2) is 0 Å². The van der Waals surface area contributed by atoms with Gasteiger partial charge in [-0.1, -0.05) is 0 Å². The van der Waals surface area contributed by atoms with E-state index in [1.54, 1.807) is 6.92 Å². The molecule has 0 saturated carbocycles. The summed E-state index contributed by atoms with van der Waals surface area (Å²) >= 11 is 1.91. The molecule has 0 bridgehead atoms. The Bertz CT molecular complexity index is 385. The van der Waals surface area contributed by atoms with Gasteiger partial charge < -0.3 is 4.74 Å². The van der Waals surface area contributed by atoms with Crippen molar-refractivity contribution in [3.63, 3.8) is 0 Å². The molecule has 0 unspecified atom stereocenters. The fourth-order valence-electron chi connectivity index (χ4n) is 1.17. The van der Waals surface area contributed by atoms with E-state index in [0.717, 1.165) is 0 Å². The van der Waals surface area contributed by atoms with Gasteiger partial charge in [0.05, 0.1) is 18.7 Å². The topological polar surface area (TPSA) is 39.2 Å². The van der Waals surface area contributed by atoms with E-state index in [4.69, 9.17) is 4.74 Å². The minimum atomic E-state index is -2.63. The van der Waals surface area contributed by atoms with Gasteiger partial charge in [-0.05, 0) is 41.6 Å². The Morgan fingerprint density at radius 2 is 2.25 bits per heavy atom. The molecule has 3 nitrogen and oxygen atoms in total. The maximum Gasteiger partial charge on any atom is 0.311 e. The third kappa shape index (κ3) is 3.66. The van der Waals surface area contributed by atoms with Crippen LogP contribution < -0.4 is 0 Å². The number of esters is 1. The van der Waals surface area contributed by atoms with Crippen LogP contribution in [0.1, 0.15) is 24.6 Å². The number of alkyl halides is 2. The second-order valence-electron chi connectivity index (χ2n) is 2.95. The van der Waals surface area contributed by atoms with E-state index in [9.17, 15) is 13.6 Å². The van der Waals surface area contributed by atoms with Crippen LogP contribution in [0.25, 0.3) is 0 Å². The molecule has 1 rings (SSSR count). The summed E-state index contributed by atoms with van der Waals surface area (Å²) in [6.07, 6.45) is -2.85. The van der Waals surface area contributed by atoms with E-state index in [-0.39, 0.29) is 24.3 Å². The highest BCUT2D eigenvalue weighted by Gasteiger charge is 2.17. The zero-order valence-electron chi connectivity index (χ0n) is 8.54. The summed E-state index contributed by atoms with van der Waals surface area (Å²) in [5.74, 6) is -0.543. The minimum absolute atomic E-state index is 0.0837. The van der Waals surface area contributed by atoms with Gasteiger partial charge in [0.25, 0.3) is 6.43 Å². The van der Waals surface area contributed by atoms with Gasteiger partial charge in [0.2, 0.25) is 0 Å². The SMILES string of the molecule is CCOC(=O)Cc1nc(I)ccc1C(F)F. The molecular weight excluding hydrogens is 331 g/mol. The largest absolute Gasteiger partial charge is 0.466 e. The molecule has 1 aromatic heterocycles. The first-order chi connectivity index (χ1) is 7.54. The second kappa shape index (κ2) is 6.07. The highest BCUT2D eigenvalue weighted by atomic mass is 127. The number of halogens is 3. The van der Waals surface area contributed by atoms with Crippen molar-refractivity contribution in [1.82, 2.24) is 4.98 Å². The molecule has 16 heavy (non-hydrogen) atoms. The minimum Gasteiger partial charge on any atom is -0.466 e. The molecule has 0 N–H and O–H groups in total. The van der Waals surface area contributed by atoms with Crippen LogP contribution in [-0.2, 0) is 16.0 Å². The number of carbonyl (C=O) groups is 1. The molecule has 0 fully saturated rings. The number of carbonyl (C=O) groups excluding carboxylic acids is 1. The summed E-state index contributed by atoms with van der Waals surface area (Å²) in [7, 11) is 0. The Morgan fingerprint density at radius 3 is 2.81 bits per heavy atom. The predicted octanol–water partition coefficient (Wildman–Crippen LogP) is 2.73. The van der Waals surface area contributed by atoms with Crippen molar-refractivity contribution in [1.29, 1.82) is 0 Å². The van der Waals surface area contributed by atoms with Crippen LogP contribution >= 0.6 is 22.6 Å². The molecular formula is C10H10F2INO2. The molecule has 0 amide bonds. The average Bonchev–Trinajstić information content (AvgIpc) is 2.17. The van der Waals surface area contributed by atoms with Crippen LogP contribution in [0.5, 0.6) is 0 Å². The molecule has 6 heteroatoms. The Kier molecular flexibility index (Phi) is 5.04. The molecule has 0 aliphatic heterocycles. The van der Waals surface area contributed by atoms with Gasteiger partial charge in [0.1, 0.15) is 3.70 Å². The number of aromatic nitrogens is 1. The van der Waals surface area contributed by atoms with E-state index in [0.29, 0.717) is 3.70 Å². The first kappa shape index (κ1) is 13.3. The fraction of sp³-hybridized carbons (Fsp3) is 0.400. The van der Waals surface area contributed by atoms with Crippen molar-refractivity contribution in [2.24, 2.45) is 0 Å². The van der Waals surface area contributed by atoms with Crippen molar-refractivity contribution in [3.8, 4) is 0 Å². The molecule has 0 aliphatic rings. The van der Waals surface area contributed by atoms with Crippen LogP contribution in [0.3, 0.4) is 0 Å². The lowest BCUT2D eigenvalue weighted by Gasteiger charge is -2.07. The Balaban J connectivity index is 2.92. The number of rotatable bonds is 4. The van der Waals surface area contributed by atoms with Gasteiger partial charge in [0, 0.05) is 5.56 Å². The van der Waals surface area contributed by atoms with Crippen molar-refractivity contribution in [3.05, 3.63) is 27.1 Å². The quantitative estimate of drug-likeness (QED) is 0.480. The highest BCUT2D eigenvalue weighted by molar-refractivity contribution is 14.1. The van der Waals surface area contributed by atoms with Gasteiger partial charge in [-0.2, -0.15) is 0 Å². The van der Waals surface area contributed by atoms with Crippen molar-refractivity contribution in [2.75, 3.05) is 6.61 Å². The fourth-order valence-corrected chi connectivity index (χ4v) is 1.65. The lowest BCUT2D eigenvalue weighted by molar-refractivity contribution is -0.142. The van der Waals surface area contributed by atoms with Gasteiger partial charge in [-0.15, -0.1) is 0 Å². The maximum atomic E-state index is 12.6. The van der Waals surface area contributed by atoms with Crippen LogP contribution in [-0.4, -0.2) is 17.6 Å². The monoisotopic (exact) mass is 341 g/mol. The third-order valence-electron chi connectivity index (χ3n) is 1.83. The Hall–Kier alpha value is -0.790. The predicted molar refractivity (Wildman–Crippen MR) is 62.2 cm³/mol. The summed E-state index contributed by atoms with van der Waals surface area (Å²) in [4.78, 5) is 15.1. The number of hydrogen-bond donors (Lipinski definition) is 0. The smallest absolute Gasteiger partial charge is 0.311 e. The van der Waals surface area contributed by atoms with Gasteiger partial charge in [-0.25, -0.2) is 13.8 Å². The molecule has 0 atom stereocenters. The number of hydrogen-bond acceptors (Lipinski definition) is 3. The lowest BCUT2D eigenvalue weighted by atomic mass is 10.1. The van der Waals surface area contributed by atoms with E-state index in [1.165, 1.54) is 12.1 Å². The van der Waals surface area contributed by atoms with E-state index in [1.807, 2.05) is 22.6 Å². The van der Waals surface area contributed by atoms with Gasteiger partial charge >= 0.3 is 5.97 Å². The van der Waals surface area contributed by atoms with Crippen LogP contribution in [0.2, 0.25) is 0 Å². The zero-order valence-corrected chi connectivity index (χ0v) is 10.7. The molecule has 0 aliphatic carbocycles. The standard InChI is InChI=1S/C10H10F2INO2/c1-2-16-9(15)5-7-6(10(11)12)3-4-8(13)14-7/h3-4,10H,2,5H2,1H3. The summed E-state index contributed by atoms with van der Waals surface area (Å²) in [6.45, 7) is 1.89. The normalized spacial score (nSPS) is 10.6. The molecule has 0 spiro atoms. The highest BCUT2D eigenvalue weighted by Crippen LogP contribution is 2.23. The summed E-state index contributed by atoms with van der Waals surface area (Å²) in [5.41, 5.74) is -0.131. The second-order valence-corrected chi connectivity index (χ2v) is 4.06. The number of pyridine rings is 1. The first-order valence-electron chi connectivity index (χ1n) is 4.63. The Morgan fingerprint density at radius 1 is 1.56 bits per heavy atom. The van der Waals surface area contributed by atoms with E-state index >= 15 is 0 Å². The summed E-state index contributed by atoms with van der Waals surface area (Å²) in [5, 5.41) is 0. The van der Waals surface area contributed by atoms with Gasteiger partial charge in [-0.3, -0.25) is 4.79 Å². The van der Waals surface area contributed by atoms with E-state index < -0.39 is 12.4 Å². The van der Waals surface area contributed by atoms with Crippen molar-refractivity contribution >= 4 is 28.6 Å². The first-order valence-corrected chi connectivity index (χ1v) is 5.71. The van der Waals surface area contributed by atoms with Crippen LogP contribution in [0.4, 0.5) is 8.78 Å². The third-order valence-corrected chi connectivity index (χ3v) is 2.43. The number of nitrogens with zero attached hydrogens (tertiary/aromatic N) is 1. The summed E-state index contributed by atoms with van der Waals surface area (Å²) in [6, 6.07) is 2.77. The van der Waals surface area contributed by atoms with Crippen molar-refractivity contribution < 1.29 is 18.3 Å².